The van der Waals surface area contributed by atoms with Crippen LogP contribution in [0.1, 0.15) is 12.8 Å². The third-order valence-electron chi connectivity index (χ3n) is 6.66. The van der Waals surface area contributed by atoms with Gasteiger partial charge >= 0.3 is 0 Å². The van der Waals surface area contributed by atoms with Gasteiger partial charge < -0.3 is 24.6 Å². The number of rotatable bonds is 6. The van der Waals surface area contributed by atoms with Gasteiger partial charge in [-0.1, -0.05) is 0 Å². The third kappa shape index (κ3) is 5.54. The molecule has 3 aromatic rings. The Morgan fingerprint density at radius 1 is 0.943 bits per heavy atom. The van der Waals surface area contributed by atoms with Crippen LogP contribution in [0.5, 0.6) is 5.75 Å². The molecule has 0 spiro atoms. The molecule has 35 heavy (non-hydrogen) atoms. The molecule has 1 amide bonds. The van der Waals surface area contributed by atoms with Gasteiger partial charge in [0, 0.05) is 43.1 Å². The number of anilines is 3. The molecule has 2 aliphatic rings. The van der Waals surface area contributed by atoms with Gasteiger partial charge in [-0.05, 0) is 73.5 Å². The van der Waals surface area contributed by atoms with Gasteiger partial charge in [0.15, 0.2) is 5.82 Å². The van der Waals surface area contributed by atoms with E-state index in [-0.39, 0.29) is 11.8 Å². The molecule has 8 nitrogen and oxygen atoms in total. The van der Waals surface area contributed by atoms with Crippen molar-refractivity contribution in [3.05, 3.63) is 60.7 Å². The first-order valence-corrected chi connectivity index (χ1v) is 12.2. The van der Waals surface area contributed by atoms with E-state index in [2.05, 4.69) is 37.4 Å². The predicted octanol–water partition coefficient (Wildman–Crippen LogP) is 3.84. The number of nitrogens with zero attached hydrogens (tertiary/aromatic N) is 4. The molecule has 8 heteroatoms. The van der Waals surface area contributed by atoms with Crippen molar-refractivity contribution >= 4 is 23.1 Å². The number of morpholine rings is 1. The standard InChI is InChI=1S/C27H31N5O3/c1-34-24-10-4-20(5-11-24)25-12-13-26(30-29-25)32-14-2-3-21(19-32)27(33)28-22-6-8-23(9-7-22)31-15-17-35-18-16-31/h4-13,21H,2-3,14-19H2,1H3,(H,28,33). The Bertz CT molecular complexity index is 1110. The SMILES string of the molecule is COc1ccc(-c2ccc(N3CCCC(C(=O)Nc4ccc(N5CCOCC5)cc4)C3)nn2)cc1. The van der Waals surface area contributed by atoms with Gasteiger partial charge in [-0.15, -0.1) is 10.2 Å². The topological polar surface area (TPSA) is 79.8 Å². The van der Waals surface area contributed by atoms with Crippen molar-refractivity contribution in [3.63, 3.8) is 0 Å². The van der Waals surface area contributed by atoms with Crippen LogP contribution in [0, 0.1) is 5.92 Å². The fraction of sp³-hybridized carbons (Fsp3) is 0.370. The van der Waals surface area contributed by atoms with Crippen molar-refractivity contribution in [3.8, 4) is 17.0 Å². The summed E-state index contributed by atoms with van der Waals surface area (Å²) < 4.78 is 10.6. The predicted molar refractivity (Wildman–Crippen MR) is 137 cm³/mol. The van der Waals surface area contributed by atoms with Crippen LogP contribution in [0.25, 0.3) is 11.3 Å². The molecular formula is C27H31N5O3. The van der Waals surface area contributed by atoms with E-state index in [1.54, 1.807) is 7.11 Å². The van der Waals surface area contributed by atoms with Crippen molar-refractivity contribution in [2.75, 3.05) is 61.6 Å². The van der Waals surface area contributed by atoms with Crippen molar-refractivity contribution in [1.29, 1.82) is 0 Å². The fourth-order valence-corrected chi connectivity index (χ4v) is 4.63. The van der Waals surface area contributed by atoms with Crippen molar-refractivity contribution in [2.45, 2.75) is 12.8 Å². The normalized spacial score (nSPS) is 18.3. The first-order chi connectivity index (χ1) is 17.2. The average molecular weight is 474 g/mol. The number of aromatic nitrogens is 2. The summed E-state index contributed by atoms with van der Waals surface area (Å²) in [5, 5.41) is 12.0. The van der Waals surface area contributed by atoms with E-state index in [0.29, 0.717) is 6.54 Å². The van der Waals surface area contributed by atoms with Gasteiger partial charge in [0.05, 0.1) is 31.9 Å². The fourth-order valence-electron chi connectivity index (χ4n) is 4.63. The van der Waals surface area contributed by atoms with Crippen LogP contribution in [0.2, 0.25) is 0 Å². The maximum absolute atomic E-state index is 13.0. The number of carbonyl (C=O) groups excluding carboxylic acids is 1. The second kappa shape index (κ2) is 10.7. The number of hydrogen-bond donors (Lipinski definition) is 1. The van der Waals surface area contributed by atoms with E-state index in [4.69, 9.17) is 9.47 Å². The summed E-state index contributed by atoms with van der Waals surface area (Å²) >= 11 is 0. The maximum Gasteiger partial charge on any atom is 0.229 e. The lowest BCUT2D eigenvalue weighted by Crippen LogP contribution is -2.41. The van der Waals surface area contributed by atoms with Crippen LogP contribution in [0.3, 0.4) is 0 Å². The van der Waals surface area contributed by atoms with Gasteiger partial charge in [0.2, 0.25) is 5.91 Å². The van der Waals surface area contributed by atoms with E-state index < -0.39 is 0 Å². The monoisotopic (exact) mass is 473 g/mol. The highest BCUT2D eigenvalue weighted by atomic mass is 16.5. The summed E-state index contributed by atoms with van der Waals surface area (Å²) in [6.45, 7) is 4.81. The minimum absolute atomic E-state index is 0.0524. The summed E-state index contributed by atoms with van der Waals surface area (Å²) in [5.74, 6) is 1.57. The Balaban J connectivity index is 1.18. The number of benzene rings is 2. The maximum atomic E-state index is 13.0. The van der Waals surface area contributed by atoms with Crippen LogP contribution >= 0.6 is 0 Å². The lowest BCUT2D eigenvalue weighted by molar-refractivity contribution is -0.120. The smallest absolute Gasteiger partial charge is 0.229 e. The van der Waals surface area contributed by atoms with Gasteiger partial charge in [-0.2, -0.15) is 0 Å². The van der Waals surface area contributed by atoms with E-state index in [1.165, 1.54) is 0 Å². The van der Waals surface area contributed by atoms with Crippen LogP contribution in [-0.4, -0.2) is 62.6 Å². The number of piperidine rings is 1. The molecule has 2 saturated heterocycles. The Morgan fingerprint density at radius 2 is 1.71 bits per heavy atom. The van der Waals surface area contributed by atoms with Crippen molar-refractivity contribution < 1.29 is 14.3 Å². The van der Waals surface area contributed by atoms with Crippen LogP contribution in [-0.2, 0) is 9.53 Å². The summed E-state index contributed by atoms with van der Waals surface area (Å²) in [5.41, 5.74) is 3.78. The minimum atomic E-state index is -0.0919. The van der Waals surface area contributed by atoms with E-state index in [1.807, 2.05) is 48.5 Å². The summed E-state index contributed by atoms with van der Waals surface area (Å²) in [6.07, 6.45) is 1.81. The van der Waals surface area contributed by atoms with Crippen LogP contribution < -0.4 is 19.9 Å². The third-order valence-corrected chi connectivity index (χ3v) is 6.66. The highest BCUT2D eigenvalue weighted by Crippen LogP contribution is 2.26. The molecular weight excluding hydrogens is 442 g/mol. The molecule has 0 aliphatic carbocycles. The molecule has 2 aromatic carbocycles. The number of nitrogens with one attached hydrogen (secondary N) is 1. The molecule has 5 rings (SSSR count). The molecule has 0 saturated carbocycles. The summed E-state index contributed by atoms with van der Waals surface area (Å²) in [4.78, 5) is 17.5. The van der Waals surface area contributed by atoms with Crippen molar-refractivity contribution in [1.82, 2.24) is 10.2 Å². The highest BCUT2D eigenvalue weighted by molar-refractivity contribution is 5.93. The molecule has 182 valence electrons. The molecule has 0 radical (unpaired) electrons. The van der Waals surface area contributed by atoms with E-state index in [0.717, 1.165) is 79.9 Å². The Morgan fingerprint density at radius 3 is 2.40 bits per heavy atom. The first-order valence-electron chi connectivity index (χ1n) is 12.2. The number of amides is 1. The zero-order valence-electron chi connectivity index (χ0n) is 20.0. The lowest BCUT2D eigenvalue weighted by atomic mass is 9.97. The quantitative estimate of drug-likeness (QED) is 0.583. The largest absolute Gasteiger partial charge is 0.497 e. The van der Waals surface area contributed by atoms with Gasteiger partial charge in [-0.25, -0.2) is 0 Å². The Hall–Kier alpha value is -3.65. The molecule has 1 aromatic heterocycles. The molecule has 3 heterocycles. The van der Waals surface area contributed by atoms with Crippen LogP contribution in [0.15, 0.2) is 60.7 Å². The lowest BCUT2D eigenvalue weighted by Gasteiger charge is -2.32. The molecule has 2 fully saturated rings. The average Bonchev–Trinajstić information content (AvgIpc) is 2.94. The summed E-state index contributed by atoms with van der Waals surface area (Å²) in [6, 6.07) is 19.8. The molecule has 1 N–H and O–H groups in total. The van der Waals surface area contributed by atoms with E-state index in [9.17, 15) is 4.79 Å². The van der Waals surface area contributed by atoms with Gasteiger partial charge in [0.25, 0.3) is 0 Å². The second-order valence-corrected chi connectivity index (χ2v) is 8.93. The first kappa shape index (κ1) is 23.1. The van der Waals surface area contributed by atoms with E-state index >= 15 is 0 Å². The molecule has 0 bridgehead atoms. The Labute approximate surface area is 205 Å². The molecule has 1 atom stereocenters. The van der Waals surface area contributed by atoms with Gasteiger partial charge in [-0.3, -0.25) is 4.79 Å². The zero-order valence-corrected chi connectivity index (χ0v) is 20.0. The highest BCUT2D eigenvalue weighted by Gasteiger charge is 2.27. The van der Waals surface area contributed by atoms with Crippen molar-refractivity contribution in [2.24, 2.45) is 5.92 Å². The minimum Gasteiger partial charge on any atom is -0.497 e. The van der Waals surface area contributed by atoms with Gasteiger partial charge in [0.1, 0.15) is 5.75 Å². The zero-order chi connectivity index (χ0) is 24.0. The second-order valence-electron chi connectivity index (χ2n) is 8.93. The number of hydrogen-bond acceptors (Lipinski definition) is 7. The van der Waals surface area contributed by atoms with Crippen LogP contribution in [0.4, 0.5) is 17.2 Å². The Kier molecular flexibility index (Phi) is 7.09. The number of carbonyl (C=O) groups is 1. The number of methoxy groups -OCH3 is 1. The summed E-state index contributed by atoms with van der Waals surface area (Å²) in [7, 11) is 1.65. The molecule has 1 unspecified atom stereocenters. The number of ether oxygens (including phenoxy) is 2. The molecule has 2 aliphatic heterocycles.